The minimum Gasteiger partial charge on any atom is -0.481 e. The molecule has 0 aliphatic carbocycles. The summed E-state index contributed by atoms with van der Waals surface area (Å²) < 4.78 is 26.7. The van der Waals surface area contributed by atoms with Crippen LogP contribution in [-0.4, -0.2) is 48.4 Å². The van der Waals surface area contributed by atoms with E-state index in [1.807, 2.05) is 0 Å². The number of sulfonamides is 1. The van der Waals surface area contributed by atoms with E-state index >= 15 is 0 Å². The number of carbonyl (C=O) groups is 3. The molecule has 0 bridgehead atoms. The summed E-state index contributed by atoms with van der Waals surface area (Å²) in [7, 11) is -4.41. The monoisotopic (exact) mass is 434 g/mol. The molecular weight excluding hydrogens is 416 g/mol. The fraction of sp³-hybridized carbons (Fsp3) is 0.111. The number of amidine groups is 1. The van der Waals surface area contributed by atoms with E-state index < -0.39 is 45.2 Å². The first-order chi connectivity index (χ1) is 14.0. The summed E-state index contributed by atoms with van der Waals surface area (Å²) in [5.74, 6) is -3.92. The number of carbonyl (C=O) groups excluding carboxylic acids is 1. The van der Waals surface area contributed by atoms with Gasteiger partial charge in [-0.25, -0.2) is 8.42 Å². The fourth-order valence-corrected chi connectivity index (χ4v) is 3.58. The van der Waals surface area contributed by atoms with Crippen molar-refractivity contribution < 1.29 is 33.0 Å². The first kappa shape index (κ1) is 22.5. The third kappa shape index (κ3) is 5.86. The zero-order valence-electron chi connectivity index (χ0n) is 15.3. The van der Waals surface area contributed by atoms with Crippen LogP contribution in [0.15, 0.2) is 53.4 Å². The standard InChI is InChI=1S/C18H18N4O7S/c19-16(20)10-4-6-12(7-5-10)21-17(25)11-2-1-3-13(8-11)30(28,29)22-14(18(26)27)9-15(23)24/h1-8,14,22H,9H2,(H3,19,20)(H,21,25)(H,23,24)(H,26,27)/t14-/m0/s1. The van der Waals surface area contributed by atoms with E-state index in [1.165, 1.54) is 36.4 Å². The van der Waals surface area contributed by atoms with Crippen LogP contribution in [0.2, 0.25) is 0 Å². The van der Waals surface area contributed by atoms with Crippen molar-refractivity contribution in [2.24, 2.45) is 5.73 Å². The summed E-state index contributed by atoms with van der Waals surface area (Å²) in [6.45, 7) is 0. The summed E-state index contributed by atoms with van der Waals surface area (Å²) in [6.07, 6.45) is -0.953. The Labute approximate surface area is 171 Å². The molecular formula is C18H18N4O7S. The van der Waals surface area contributed by atoms with Gasteiger partial charge < -0.3 is 21.3 Å². The molecule has 2 aromatic rings. The van der Waals surface area contributed by atoms with Crippen molar-refractivity contribution in [3.63, 3.8) is 0 Å². The first-order valence-electron chi connectivity index (χ1n) is 8.32. The van der Waals surface area contributed by atoms with Gasteiger partial charge in [0.05, 0.1) is 11.3 Å². The predicted octanol–water partition coefficient (Wildman–Crippen LogP) is 0.429. The van der Waals surface area contributed by atoms with E-state index in [0.717, 1.165) is 12.1 Å². The van der Waals surface area contributed by atoms with E-state index in [-0.39, 0.29) is 11.4 Å². The number of hydrogen-bond donors (Lipinski definition) is 6. The van der Waals surface area contributed by atoms with Crippen LogP contribution in [0.25, 0.3) is 0 Å². The van der Waals surface area contributed by atoms with E-state index in [0.29, 0.717) is 11.3 Å². The Bertz CT molecular complexity index is 1100. The normalized spacial score (nSPS) is 12.0. The van der Waals surface area contributed by atoms with Crippen LogP contribution < -0.4 is 15.8 Å². The van der Waals surface area contributed by atoms with Gasteiger partial charge in [-0.05, 0) is 42.5 Å². The lowest BCUT2D eigenvalue weighted by molar-refractivity contribution is -0.145. The van der Waals surface area contributed by atoms with Crippen molar-refractivity contribution in [3.8, 4) is 0 Å². The van der Waals surface area contributed by atoms with Gasteiger partial charge in [0.2, 0.25) is 10.0 Å². The number of carboxylic acid groups (broad SMARTS) is 2. The van der Waals surface area contributed by atoms with Gasteiger partial charge in [-0.15, -0.1) is 0 Å². The van der Waals surface area contributed by atoms with Gasteiger partial charge in [-0.2, -0.15) is 4.72 Å². The molecule has 2 rings (SSSR count). The number of nitrogens with two attached hydrogens (primary N) is 1. The predicted molar refractivity (Wildman–Crippen MR) is 106 cm³/mol. The molecule has 158 valence electrons. The molecule has 0 saturated heterocycles. The highest BCUT2D eigenvalue weighted by Gasteiger charge is 2.28. The molecule has 0 aliphatic rings. The minimum absolute atomic E-state index is 0.0290. The van der Waals surface area contributed by atoms with Crippen molar-refractivity contribution in [2.45, 2.75) is 17.4 Å². The molecule has 0 radical (unpaired) electrons. The van der Waals surface area contributed by atoms with Crippen LogP contribution in [0.4, 0.5) is 5.69 Å². The number of amides is 1. The molecule has 0 fully saturated rings. The zero-order valence-corrected chi connectivity index (χ0v) is 16.1. The molecule has 0 saturated carbocycles. The lowest BCUT2D eigenvalue weighted by atomic mass is 10.1. The molecule has 11 nitrogen and oxygen atoms in total. The van der Waals surface area contributed by atoms with E-state index in [1.54, 1.807) is 4.72 Å². The lowest BCUT2D eigenvalue weighted by Gasteiger charge is -2.13. The molecule has 1 amide bonds. The quantitative estimate of drug-likeness (QED) is 0.241. The second-order valence-corrected chi connectivity index (χ2v) is 7.80. The van der Waals surface area contributed by atoms with Crippen molar-refractivity contribution >= 4 is 39.4 Å². The van der Waals surface area contributed by atoms with Crippen LogP contribution in [-0.2, 0) is 19.6 Å². The number of nitrogens with one attached hydrogen (secondary N) is 3. The smallest absolute Gasteiger partial charge is 0.322 e. The van der Waals surface area contributed by atoms with Gasteiger partial charge in [0.25, 0.3) is 5.91 Å². The Balaban J connectivity index is 2.21. The van der Waals surface area contributed by atoms with Gasteiger partial charge in [0.1, 0.15) is 11.9 Å². The van der Waals surface area contributed by atoms with Crippen LogP contribution >= 0.6 is 0 Å². The molecule has 0 unspecified atom stereocenters. The maximum absolute atomic E-state index is 12.4. The summed E-state index contributed by atoms with van der Waals surface area (Å²) >= 11 is 0. The Morgan fingerprint density at radius 3 is 2.20 bits per heavy atom. The topological polar surface area (TPSA) is 200 Å². The molecule has 0 aromatic heterocycles. The van der Waals surface area contributed by atoms with Gasteiger partial charge >= 0.3 is 11.9 Å². The zero-order chi connectivity index (χ0) is 22.5. The van der Waals surface area contributed by atoms with Crippen LogP contribution in [0.3, 0.4) is 0 Å². The average Bonchev–Trinajstić information content (AvgIpc) is 2.67. The highest BCUT2D eigenvalue weighted by Crippen LogP contribution is 2.15. The van der Waals surface area contributed by atoms with E-state index in [2.05, 4.69) is 5.32 Å². The van der Waals surface area contributed by atoms with Crippen LogP contribution in [0.1, 0.15) is 22.3 Å². The Hall–Kier alpha value is -3.77. The van der Waals surface area contributed by atoms with Crippen LogP contribution in [0, 0.1) is 5.41 Å². The van der Waals surface area contributed by atoms with Gasteiger partial charge in [0, 0.05) is 16.8 Å². The summed E-state index contributed by atoms with van der Waals surface area (Å²) in [4.78, 5) is 33.9. The molecule has 7 N–H and O–H groups in total. The highest BCUT2D eigenvalue weighted by atomic mass is 32.2. The van der Waals surface area contributed by atoms with Crippen LogP contribution in [0.5, 0.6) is 0 Å². The second kappa shape index (κ2) is 9.15. The molecule has 2 aromatic carbocycles. The minimum atomic E-state index is -4.41. The first-order valence-corrected chi connectivity index (χ1v) is 9.80. The molecule has 0 aliphatic heterocycles. The number of nitrogen functional groups attached to an aromatic ring is 1. The summed E-state index contributed by atoms with van der Waals surface area (Å²) in [6, 6.07) is 9.01. The summed E-state index contributed by atoms with van der Waals surface area (Å²) in [5.41, 5.74) is 6.17. The maximum Gasteiger partial charge on any atom is 0.322 e. The molecule has 12 heteroatoms. The van der Waals surface area contributed by atoms with Crippen molar-refractivity contribution in [2.75, 3.05) is 5.32 Å². The SMILES string of the molecule is N=C(N)c1ccc(NC(=O)c2cccc(S(=O)(=O)N[C@@H](CC(=O)O)C(=O)O)c2)cc1. The van der Waals surface area contributed by atoms with E-state index in [4.69, 9.17) is 21.4 Å². The number of benzene rings is 2. The number of carboxylic acids is 2. The highest BCUT2D eigenvalue weighted by molar-refractivity contribution is 7.89. The lowest BCUT2D eigenvalue weighted by Crippen LogP contribution is -2.42. The third-order valence-electron chi connectivity index (χ3n) is 3.83. The maximum atomic E-state index is 12.4. The molecule has 0 spiro atoms. The third-order valence-corrected chi connectivity index (χ3v) is 5.30. The van der Waals surface area contributed by atoms with Gasteiger partial charge in [-0.1, -0.05) is 6.07 Å². The van der Waals surface area contributed by atoms with E-state index in [9.17, 15) is 22.8 Å². The fourth-order valence-electron chi connectivity index (χ4n) is 2.35. The second-order valence-electron chi connectivity index (χ2n) is 6.08. The van der Waals surface area contributed by atoms with Crippen molar-refractivity contribution in [1.82, 2.24) is 4.72 Å². The molecule has 1 atom stereocenters. The Kier molecular flexibility index (Phi) is 6.87. The molecule has 30 heavy (non-hydrogen) atoms. The van der Waals surface area contributed by atoms with Gasteiger partial charge in [-0.3, -0.25) is 19.8 Å². The average molecular weight is 434 g/mol. The van der Waals surface area contributed by atoms with Gasteiger partial charge in [0.15, 0.2) is 0 Å². The van der Waals surface area contributed by atoms with Crippen molar-refractivity contribution in [3.05, 3.63) is 59.7 Å². The summed E-state index contributed by atoms with van der Waals surface area (Å²) in [5, 5.41) is 27.6. The largest absolute Gasteiger partial charge is 0.481 e. The van der Waals surface area contributed by atoms with Crippen molar-refractivity contribution in [1.29, 1.82) is 5.41 Å². The Morgan fingerprint density at radius 1 is 1.03 bits per heavy atom. The number of aliphatic carboxylic acids is 2. The Morgan fingerprint density at radius 2 is 1.67 bits per heavy atom. The number of hydrogen-bond acceptors (Lipinski definition) is 6. The number of anilines is 1. The number of rotatable bonds is 9. The molecule has 0 heterocycles.